The molecule has 2 saturated carbocycles. The largest absolute Gasteiger partial charge is 0.452 e. The number of nitriles is 1. The first-order chi connectivity index (χ1) is 25.9. The van der Waals surface area contributed by atoms with E-state index < -0.39 is 29.9 Å². The number of aromatic nitrogens is 3. The third kappa shape index (κ3) is 5.84. The van der Waals surface area contributed by atoms with Crippen LogP contribution in [0.5, 0.6) is 0 Å². The SMILES string of the molecule is Cc1nc2c(F)c(-c3cccc(Cl)c3Cl)c(CCC#N)cc2c2c1cc([C@H]1C[C@H](OCc3cc(C(F)(F)F)on3)CN1C(=O)C1CC1)n2[C@H]1[C@H]2CN[C@@H]1C2. The van der Waals surface area contributed by atoms with Crippen molar-refractivity contribution in [1.82, 2.24) is 24.9 Å². The van der Waals surface area contributed by atoms with Gasteiger partial charge in [-0.3, -0.25) is 4.79 Å². The number of carbonyl (C=O) groups excluding carboxylic acids is 1. The van der Waals surface area contributed by atoms with Crippen LogP contribution in [0, 0.1) is 35.9 Å². The van der Waals surface area contributed by atoms with Crippen LogP contribution in [0.2, 0.25) is 10.0 Å². The number of hydrogen-bond acceptors (Lipinski definition) is 7. The number of hydrogen-bond donors (Lipinski definition) is 1. The summed E-state index contributed by atoms with van der Waals surface area (Å²) in [4.78, 5) is 20.6. The van der Waals surface area contributed by atoms with E-state index in [1.807, 2.05) is 17.9 Å². The monoisotopic (exact) mass is 780 g/mol. The Kier molecular flexibility index (Phi) is 8.69. The molecule has 3 aromatic heterocycles. The molecule has 0 radical (unpaired) electrons. The second-order valence-electron chi connectivity index (χ2n) is 14.9. The number of fused-ring (bicyclic) bond motifs is 4. The van der Waals surface area contributed by atoms with Gasteiger partial charge in [0.05, 0.1) is 46.4 Å². The quantitative estimate of drug-likeness (QED) is 0.149. The molecule has 3 aliphatic heterocycles. The Labute approximate surface area is 317 Å². The van der Waals surface area contributed by atoms with Gasteiger partial charge in [0.2, 0.25) is 11.7 Å². The molecule has 5 fully saturated rings. The van der Waals surface area contributed by atoms with Gasteiger partial charge < -0.3 is 24.0 Å². The first-order valence-electron chi connectivity index (χ1n) is 18.1. The molecule has 5 atom stereocenters. The predicted octanol–water partition coefficient (Wildman–Crippen LogP) is 8.88. The summed E-state index contributed by atoms with van der Waals surface area (Å²) in [6.07, 6.45) is -1.75. The number of rotatable bonds is 9. The molecular weight excluding hydrogens is 747 g/mol. The van der Waals surface area contributed by atoms with Crippen molar-refractivity contribution in [2.75, 3.05) is 13.1 Å². The van der Waals surface area contributed by atoms with Crippen LogP contribution in [0.4, 0.5) is 17.6 Å². The molecule has 9 nitrogen and oxygen atoms in total. The summed E-state index contributed by atoms with van der Waals surface area (Å²) in [6.45, 7) is 2.73. The lowest BCUT2D eigenvalue weighted by Crippen LogP contribution is -2.41. The molecule has 5 aliphatic rings. The third-order valence-electron chi connectivity index (χ3n) is 11.6. The Bertz CT molecular complexity index is 2370. The molecule has 5 aromatic rings. The minimum absolute atomic E-state index is 0.0119. The number of ether oxygens (including phenoxy) is 1. The molecule has 1 amide bonds. The summed E-state index contributed by atoms with van der Waals surface area (Å²) in [5, 5.41) is 18.7. The second kappa shape index (κ2) is 13.2. The van der Waals surface area contributed by atoms with Gasteiger partial charge in [0.25, 0.3) is 0 Å². The van der Waals surface area contributed by atoms with Gasteiger partial charge in [0.1, 0.15) is 11.2 Å². The van der Waals surface area contributed by atoms with Crippen molar-refractivity contribution in [1.29, 1.82) is 5.26 Å². The fourth-order valence-electron chi connectivity index (χ4n) is 8.82. The molecule has 280 valence electrons. The number of carbonyl (C=O) groups is 1. The highest BCUT2D eigenvalue weighted by Gasteiger charge is 2.51. The average Bonchev–Trinajstić information content (AvgIpc) is 3.62. The lowest BCUT2D eigenvalue weighted by Gasteiger charge is -2.39. The number of likely N-dealkylation sites (tertiary alicyclic amines) is 1. The number of amides is 1. The van der Waals surface area contributed by atoms with Gasteiger partial charge in [-0.25, -0.2) is 9.37 Å². The Balaban J connectivity index is 1.19. The number of nitrogens with one attached hydrogen (secondary N) is 1. The van der Waals surface area contributed by atoms with E-state index in [1.54, 1.807) is 18.2 Å². The van der Waals surface area contributed by atoms with E-state index in [0.717, 1.165) is 48.5 Å². The Hall–Kier alpha value is -4.22. The number of alkyl halides is 3. The topological polar surface area (TPSA) is 109 Å². The molecule has 2 bridgehead atoms. The first kappa shape index (κ1) is 35.5. The minimum atomic E-state index is -4.67. The van der Waals surface area contributed by atoms with Gasteiger partial charge in [-0.15, -0.1) is 0 Å². The number of aryl methyl sites for hydroxylation is 2. The maximum absolute atomic E-state index is 17.2. The maximum atomic E-state index is 17.2. The van der Waals surface area contributed by atoms with Crippen molar-refractivity contribution in [3.8, 4) is 17.2 Å². The van der Waals surface area contributed by atoms with Crippen LogP contribution >= 0.6 is 23.2 Å². The van der Waals surface area contributed by atoms with E-state index in [2.05, 4.69) is 31.7 Å². The lowest BCUT2D eigenvalue weighted by molar-refractivity contribution is -0.155. The van der Waals surface area contributed by atoms with Crippen molar-refractivity contribution in [3.63, 3.8) is 0 Å². The van der Waals surface area contributed by atoms with Gasteiger partial charge in [0, 0.05) is 77.2 Å². The normalized spacial score (nSPS) is 23.7. The molecule has 1 N–H and O–H groups in total. The Morgan fingerprint density at radius 3 is 2.67 bits per heavy atom. The summed E-state index contributed by atoms with van der Waals surface area (Å²) in [6, 6.07) is 11.8. The van der Waals surface area contributed by atoms with Crippen LogP contribution in [0.1, 0.15) is 72.6 Å². The fourth-order valence-corrected chi connectivity index (χ4v) is 9.22. The summed E-state index contributed by atoms with van der Waals surface area (Å²) >= 11 is 13.0. The number of benzene rings is 2. The Morgan fingerprint density at radius 2 is 1.98 bits per heavy atom. The molecule has 54 heavy (non-hydrogen) atoms. The van der Waals surface area contributed by atoms with Crippen molar-refractivity contribution in [2.24, 2.45) is 11.8 Å². The summed E-state index contributed by atoms with van der Waals surface area (Å²) in [7, 11) is 0. The summed E-state index contributed by atoms with van der Waals surface area (Å²) in [5.41, 5.74) is 3.75. The standard InChI is InChI=1S/C39H34Cl2F4N6O3/c1-18-25-14-30(29-13-23(16-50(29)38(52)19-7-8-19)53-17-22-12-31(54-49-22)39(43,44)45)51(36-21-11-28(36)47-15-21)37(25)26-10-20(4-3-9-46)32(34(42)35(26)48-18)24-5-2-6-27(40)33(24)41/h2,5-6,10,12,14,19,21,23,28-29,36,47H,3-4,7-8,11,13,15-17H2,1H3/t21-,23+,28-,29-,36+/m1/s1. The van der Waals surface area contributed by atoms with Crippen molar-refractivity contribution in [3.05, 3.63) is 80.7 Å². The Morgan fingerprint density at radius 1 is 1.17 bits per heavy atom. The van der Waals surface area contributed by atoms with Gasteiger partial charge in [-0.2, -0.15) is 18.4 Å². The van der Waals surface area contributed by atoms with Crippen molar-refractivity contribution >= 4 is 50.9 Å². The van der Waals surface area contributed by atoms with Crippen LogP contribution < -0.4 is 5.32 Å². The van der Waals surface area contributed by atoms with Gasteiger partial charge in [0.15, 0.2) is 5.82 Å². The molecule has 6 heterocycles. The van der Waals surface area contributed by atoms with Crippen molar-refractivity contribution in [2.45, 2.75) is 82.5 Å². The van der Waals surface area contributed by atoms with E-state index in [4.69, 9.17) is 32.9 Å². The lowest BCUT2D eigenvalue weighted by atomic mass is 9.79. The number of halogens is 6. The van der Waals surface area contributed by atoms with Crippen LogP contribution in [-0.4, -0.2) is 50.8 Å². The molecule has 0 spiro atoms. The minimum Gasteiger partial charge on any atom is -0.370 e. The first-order valence-corrected chi connectivity index (χ1v) is 18.8. The highest BCUT2D eigenvalue weighted by atomic mass is 35.5. The van der Waals surface area contributed by atoms with E-state index in [0.29, 0.717) is 34.5 Å². The molecule has 0 unspecified atom stereocenters. The van der Waals surface area contributed by atoms with Crippen molar-refractivity contribution < 1.29 is 31.6 Å². The van der Waals surface area contributed by atoms with Gasteiger partial charge >= 0.3 is 6.18 Å². The second-order valence-corrected chi connectivity index (χ2v) is 15.7. The van der Waals surface area contributed by atoms with Crippen LogP contribution in [0.3, 0.4) is 0 Å². The van der Waals surface area contributed by atoms with Crippen LogP contribution in [0.25, 0.3) is 32.9 Å². The smallest absolute Gasteiger partial charge is 0.370 e. The molecular formula is C39H34Cl2F4N6O3. The van der Waals surface area contributed by atoms with Gasteiger partial charge in [-0.1, -0.05) is 40.5 Å². The third-order valence-corrected chi connectivity index (χ3v) is 12.4. The van der Waals surface area contributed by atoms with E-state index in [1.165, 1.54) is 0 Å². The fraction of sp³-hybridized carbons (Fsp3) is 0.436. The molecule has 2 aliphatic carbocycles. The predicted molar refractivity (Wildman–Crippen MR) is 192 cm³/mol. The van der Waals surface area contributed by atoms with E-state index in [-0.39, 0.29) is 76.7 Å². The highest BCUT2D eigenvalue weighted by molar-refractivity contribution is 6.43. The van der Waals surface area contributed by atoms with Crippen LogP contribution in [-0.2, 0) is 28.7 Å². The summed E-state index contributed by atoms with van der Waals surface area (Å²) < 4.78 is 69.6. The summed E-state index contributed by atoms with van der Waals surface area (Å²) in [5.74, 6) is -1.51. The molecule has 15 heteroatoms. The highest BCUT2D eigenvalue weighted by Crippen LogP contribution is 2.51. The number of pyridine rings is 1. The maximum Gasteiger partial charge on any atom is 0.452 e. The van der Waals surface area contributed by atoms with Crippen LogP contribution in [0.15, 0.2) is 40.9 Å². The molecule has 2 aromatic carbocycles. The zero-order chi connectivity index (χ0) is 37.6. The van der Waals surface area contributed by atoms with Gasteiger partial charge in [-0.05, 0) is 62.3 Å². The zero-order valence-corrected chi connectivity index (χ0v) is 30.5. The average molecular weight is 782 g/mol. The number of nitrogens with zero attached hydrogens (tertiary/aromatic N) is 5. The molecule has 10 rings (SSSR count). The van der Waals surface area contributed by atoms with E-state index in [9.17, 15) is 23.2 Å². The van der Waals surface area contributed by atoms with E-state index >= 15 is 4.39 Å². The zero-order valence-electron chi connectivity index (χ0n) is 29.0. The molecule has 3 saturated heterocycles.